The minimum atomic E-state index is -3.63. The molecule has 2 rings (SSSR count). The molecule has 0 aliphatic carbocycles. The van der Waals surface area contributed by atoms with E-state index in [-0.39, 0.29) is 4.90 Å². The highest BCUT2D eigenvalue weighted by Crippen LogP contribution is 2.20. The number of benzene rings is 1. The molecule has 0 saturated carbocycles. The molecular formula is C13H13BrN2O2S2. The summed E-state index contributed by atoms with van der Waals surface area (Å²) < 4.78 is 25.3. The fraction of sp³-hybridized carbons (Fsp3) is 0.154. The zero-order valence-corrected chi connectivity index (χ0v) is 14.1. The largest absolute Gasteiger partial charge is 0.276 e. The molecule has 0 atom stereocenters. The van der Waals surface area contributed by atoms with Crippen molar-refractivity contribution in [3.05, 3.63) is 50.1 Å². The van der Waals surface area contributed by atoms with E-state index in [4.69, 9.17) is 0 Å². The van der Waals surface area contributed by atoms with Gasteiger partial charge in [0.2, 0.25) is 0 Å². The van der Waals surface area contributed by atoms with Crippen molar-refractivity contribution in [1.29, 1.82) is 0 Å². The normalized spacial score (nSPS) is 11.9. The lowest BCUT2D eigenvalue weighted by molar-refractivity contribution is 0.584. The molecule has 1 aromatic heterocycles. The predicted octanol–water partition coefficient (Wildman–Crippen LogP) is 3.44. The minimum Gasteiger partial charge on any atom is -0.200 e. The number of hydrazone groups is 1. The Morgan fingerprint density at radius 1 is 1.25 bits per heavy atom. The first kappa shape index (κ1) is 15.2. The fourth-order valence-corrected chi connectivity index (χ4v) is 4.02. The molecule has 0 aliphatic heterocycles. The van der Waals surface area contributed by atoms with E-state index in [0.717, 1.165) is 14.2 Å². The van der Waals surface area contributed by atoms with Crippen molar-refractivity contribution >= 4 is 43.5 Å². The number of sulfonamides is 1. The molecule has 0 amide bonds. The molecule has 1 heterocycles. The van der Waals surface area contributed by atoms with Gasteiger partial charge in [-0.15, -0.1) is 11.3 Å². The number of hydrogen-bond donors (Lipinski definition) is 1. The lowest BCUT2D eigenvalue weighted by Gasteiger charge is -2.07. The lowest BCUT2D eigenvalue weighted by Crippen LogP contribution is -2.19. The van der Waals surface area contributed by atoms with Crippen molar-refractivity contribution in [2.75, 3.05) is 0 Å². The van der Waals surface area contributed by atoms with Crippen LogP contribution in [0.4, 0.5) is 0 Å². The first-order valence-electron chi connectivity index (χ1n) is 5.76. The standard InChI is InChI=1S/C13H13BrN2O2S2/c1-9-3-4-10(2)12(7-9)20(17,18)16-15-8-11-5-6-13(14)19-11/h3-8,16H,1-2H3. The Kier molecular flexibility index (Phi) is 4.62. The van der Waals surface area contributed by atoms with E-state index < -0.39 is 10.0 Å². The lowest BCUT2D eigenvalue weighted by atomic mass is 10.2. The summed E-state index contributed by atoms with van der Waals surface area (Å²) in [5.74, 6) is 0. The highest BCUT2D eigenvalue weighted by atomic mass is 79.9. The smallest absolute Gasteiger partial charge is 0.200 e. The van der Waals surface area contributed by atoms with Crippen LogP contribution in [0.2, 0.25) is 0 Å². The molecule has 0 spiro atoms. The molecule has 0 saturated heterocycles. The van der Waals surface area contributed by atoms with Crippen LogP contribution < -0.4 is 4.83 Å². The topological polar surface area (TPSA) is 58.5 Å². The zero-order chi connectivity index (χ0) is 14.8. The Hall–Kier alpha value is -1.18. The molecule has 4 nitrogen and oxygen atoms in total. The van der Waals surface area contributed by atoms with Crippen molar-refractivity contribution in [3.8, 4) is 0 Å². The molecule has 1 N–H and O–H groups in total. The molecule has 0 radical (unpaired) electrons. The molecule has 2 aromatic rings. The van der Waals surface area contributed by atoms with Gasteiger partial charge in [0, 0.05) is 4.88 Å². The van der Waals surface area contributed by atoms with Gasteiger partial charge in [-0.25, -0.2) is 4.83 Å². The van der Waals surface area contributed by atoms with Gasteiger partial charge in [0.05, 0.1) is 14.9 Å². The predicted molar refractivity (Wildman–Crippen MR) is 85.9 cm³/mol. The van der Waals surface area contributed by atoms with Crippen LogP contribution in [-0.4, -0.2) is 14.6 Å². The average molecular weight is 373 g/mol. The van der Waals surface area contributed by atoms with E-state index in [0.29, 0.717) is 5.56 Å². The van der Waals surface area contributed by atoms with Gasteiger partial charge < -0.3 is 0 Å². The van der Waals surface area contributed by atoms with Crippen LogP contribution in [0.5, 0.6) is 0 Å². The number of thiophene rings is 1. The summed E-state index contributed by atoms with van der Waals surface area (Å²) in [7, 11) is -3.63. The maximum Gasteiger partial charge on any atom is 0.276 e. The monoisotopic (exact) mass is 372 g/mol. The number of nitrogens with zero attached hydrogens (tertiary/aromatic N) is 1. The molecule has 20 heavy (non-hydrogen) atoms. The van der Waals surface area contributed by atoms with Gasteiger partial charge in [0.1, 0.15) is 0 Å². The zero-order valence-electron chi connectivity index (χ0n) is 10.9. The van der Waals surface area contributed by atoms with Crippen LogP contribution in [0, 0.1) is 13.8 Å². The van der Waals surface area contributed by atoms with Crippen LogP contribution in [-0.2, 0) is 10.0 Å². The van der Waals surface area contributed by atoms with Gasteiger partial charge in [0.15, 0.2) is 0 Å². The summed E-state index contributed by atoms with van der Waals surface area (Å²) in [6.07, 6.45) is 1.48. The van der Waals surface area contributed by atoms with Crippen LogP contribution in [0.1, 0.15) is 16.0 Å². The Balaban J connectivity index is 2.19. The summed E-state index contributed by atoms with van der Waals surface area (Å²) in [4.78, 5) is 3.35. The molecule has 0 unspecified atom stereocenters. The molecule has 0 aliphatic rings. The highest BCUT2D eigenvalue weighted by molar-refractivity contribution is 9.11. The van der Waals surface area contributed by atoms with Gasteiger partial charge in [0.25, 0.3) is 10.0 Å². The summed E-state index contributed by atoms with van der Waals surface area (Å²) in [5, 5.41) is 3.80. The Bertz CT molecular complexity index is 751. The summed E-state index contributed by atoms with van der Waals surface area (Å²) in [6, 6.07) is 9.02. The van der Waals surface area contributed by atoms with Crippen molar-refractivity contribution in [2.24, 2.45) is 5.10 Å². The number of hydrogen-bond acceptors (Lipinski definition) is 4. The molecule has 0 bridgehead atoms. The number of rotatable bonds is 4. The maximum atomic E-state index is 12.2. The van der Waals surface area contributed by atoms with Gasteiger partial charge in [-0.2, -0.15) is 13.5 Å². The van der Waals surface area contributed by atoms with Crippen LogP contribution in [0.25, 0.3) is 0 Å². The van der Waals surface area contributed by atoms with Crippen LogP contribution in [0.15, 0.2) is 44.1 Å². The van der Waals surface area contributed by atoms with Crippen molar-refractivity contribution < 1.29 is 8.42 Å². The fourth-order valence-electron chi connectivity index (χ4n) is 1.60. The summed E-state index contributed by atoms with van der Waals surface area (Å²) >= 11 is 4.81. The first-order chi connectivity index (χ1) is 9.38. The third-order valence-corrected chi connectivity index (χ3v) is 5.51. The van der Waals surface area contributed by atoms with E-state index >= 15 is 0 Å². The third kappa shape index (κ3) is 3.68. The molecular weight excluding hydrogens is 360 g/mol. The average Bonchev–Trinajstić information content (AvgIpc) is 2.78. The van der Waals surface area contributed by atoms with E-state index in [1.54, 1.807) is 19.1 Å². The van der Waals surface area contributed by atoms with E-state index in [9.17, 15) is 8.42 Å². The van der Waals surface area contributed by atoms with Crippen molar-refractivity contribution in [1.82, 2.24) is 4.83 Å². The Morgan fingerprint density at radius 3 is 2.65 bits per heavy atom. The van der Waals surface area contributed by atoms with Crippen LogP contribution in [0.3, 0.4) is 0 Å². The molecule has 106 valence electrons. The van der Waals surface area contributed by atoms with E-state index in [1.165, 1.54) is 17.6 Å². The van der Waals surface area contributed by atoms with Gasteiger partial charge in [-0.3, -0.25) is 0 Å². The minimum absolute atomic E-state index is 0.252. The quantitative estimate of drug-likeness (QED) is 0.659. The van der Waals surface area contributed by atoms with Crippen LogP contribution >= 0.6 is 27.3 Å². The second-order valence-corrected chi connectivity index (χ2v) is 8.39. The van der Waals surface area contributed by atoms with Gasteiger partial charge in [-0.1, -0.05) is 12.1 Å². The Morgan fingerprint density at radius 2 is 2.00 bits per heavy atom. The third-order valence-electron chi connectivity index (χ3n) is 2.59. The van der Waals surface area contributed by atoms with Gasteiger partial charge in [-0.05, 0) is 59.1 Å². The second-order valence-electron chi connectivity index (χ2n) is 4.26. The maximum absolute atomic E-state index is 12.2. The Labute approximate surface area is 130 Å². The molecule has 1 aromatic carbocycles. The van der Waals surface area contributed by atoms with Gasteiger partial charge >= 0.3 is 0 Å². The SMILES string of the molecule is Cc1ccc(C)c(S(=O)(=O)NN=Cc2ccc(Br)s2)c1. The summed E-state index contributed by atoms with van der Waals surface area (Å²) in [6.45, 7) is 3.61. The van der Waals surface area contributed by atoms with Crippen molar-refractivity contribution in [3.63, 3.8) is 0 Å². The molecule has 0 fully saturated rings. The summed E-state index contributed by atoms with van der Waals surface area (Å²) in [5.41, 5.74) is 1.58. The number of halogens is 1. The van der Waals surface area contributed by atoms with E-state index in [1.807, 2.05) is 25.1 Å². The second kappa shape index (κ2) is 6.07. The van der Waals surface area contributed by atoms with Crippen molar-refractivity contribution in [2.45, 2.75) is 18.7 Å². The molecule has 7 heteroatoms. The number of aryl methyl sites for hydroxylation is 2. The first-order valence-corrected chi connectivity index (χ1v) is 8.85. The number of nitrogens with one attached hydrogen (secondary N) is 1. The van der Waals surface area contributed by atoms with E-state index in [2.05, 4.69) is 25.9 Å². The highest BCUT2D eigenvalue weighted by Gasteiger charge is 2.15.